The summed E-state index contributed by atoms with van der Waals surface area (Å²) in [4.78, 5) is 2.51. The number of anilines is 1. The number of nitrogens with one attached hydrogen (secondary N) is 1. The zero-order valence-electron chi connectivity index (χ0n) is 9.75. The Morgan fingerprint density at radius 3 is 3.00 bits per heavy atom. The lowest BCUT2D eigenvalue weighted by Gasteiger charge is -2.35. The van der Waals surface area contributed by atoms with E-state index in [1.807, 2.05) is 0 Å². The van der Waals surface area contributed by atoms with Gasteiger partial charge in [-0.2, -0.15) is 0 Å². The van der Waals surface area contributed by atoms with Crippen molar-refractivity contribution in [3.05, 3.63) is 27.8 Å². The second kappa shape index (κ2) is 5.87. The van der Waals surface area contributed by atoms with Crippen molar-refractivity contribution in [2.75, 3.05) is 24.5 Å². The van der Waals surface area contributed by atoms with Gasteiger partial charge in [-0.15, -0.1) is 0 Å². The van der Waals surface area contributed by atoms with Gasteiger partial charge in [-0.3, -0.25) is 0 Å². The molecule has 88 valence electrons. The average Bonchev–Trinajstić information content (AvgIpc) is 2.30. The smallest absolute Gasteiger partial charge is 0.0502 e. The van der Waals surface area contributed by atoms with Crippen LogP contribution in [0.15, 0.2) is 24.3 Å². The number of para-hydroxylation sites is 1. The van der Waals surface area contributed by atoms with Crippen LogP contribution in [0.2, 0.25) is 0 Å². The Labute approximate surface area is 112 Å². The summed E-state index contributed by atoms with van der Waals surface area (Å²) in [6.45, 7) is 5.60. The third-order valence-electron chi connectivity index (χ3n) is 3.11. The highest BCUT2D eigenvalue weighted by Gasteiger charge is 2.20. The van der Waals surface area contributed by atoms with Crippen molar-refractivity contribution < 1.29 is 0 Å². The van der Waals surface area contributed by atoms with E-state index < -0.39 is 0 Å². The van der Waals surface area contributed by atoms with E-state index in [4.69, 9.17) is 0 Å². The van der Waals surface area contributed by atoms with E-state index in [2.05, 4.69) is 64.0 Å². The van der Waals surface area contributed by atoms with E-state index in [1.54, 1.807) is 0 Å². The molecule has 1 atom stereocenters. The van der Waals surface area contributed by atoms with Crippen molar-refractivity contribution in [2.45, 2.75) is 25.8 Å². The van der Waals surface area contributed by atoms with Crippen LogP contribution >= 0.6 is 22.6 Å². The number of halogens is 1. The van der Waals surface area contributed by atoms with Crippen molar-refractivity contribution in [3.8, 4) is 0 Å². The standard InChI is InChI=1S/C13H19IN2/c1-2-15-11-6-5-9-16(10-11)13-8-4-3-7-12(13)14/h3-4,7-8,11,15H,2,5-6,9-10H2,1H3. The van der Waals surface area contributed by atoms with Crippen molar-refractivity contribution in [3.63, 3.8) is 0 Å². The Morgan fingerprint density at radius 1 is 1.44 bits per heavy atom. The summed E-state index contributed by atoms with van der Waals surface area (Å²) in [5.74, 6) is 0. The lowest BCUT2D eigenvalue weighted by molar-refractivity contribution is 0.431. The zero-order chi connectivity index (χ0) is 11.4. The molecule has 3 heteroatoms. The Morgan fingerprint density at radius 2 is 2.25 bits per heavy atom. The Hall–Kier alpha value is -0.290. The molecule has 1 saturated heterocycles. The summed E-state index contributed by atoms with van der Waals surface area (Å²) >= 11 is 2.43. The van der Waals surface area contributed by atoms with Crippen molar-refractivity contribution in [2.24, 2.45) is 0 Å². The first-order valence-electron chi connectivity index (χ1n) is 6.04. The molecule has 2 nitrogen and oxygen atoms in total. The molecule has 0 amide bonds. The molecule has 1 unspecified atom stereocenters. The van der Waals surface area contributed by atoms with Gasteiger partial charge in [-0.05, 0) is 54.1 Å². The minimum absolute atomic E-state index is 0.662. The molecule has 0 saturated carbocycles. The van der Waals surface area contributed by atoms with E-state index in [9.17, 15) is 0 Å². The van der Waals surface area contributed by atoms with Gasteiger partial charge in [0, 0.05) is 22.7 Å². The molecule has 1 fully saturated rings. The zero-order valence-corrected chi connectivity index (χ0v) is 11.9. The van der Waals surface area contributed by atoms with Crippen LogP contribution in [-0.4, -0.2) is 25.7 Å². The molecule has 1 aromatic rings. The van der Waals surface area contributed by atoms with Gasteiger partial charge in [-0.1, -0.05) is 19.1 Å². The summed E-state index contributed by atoms with van der Waals surface area (Å²) in [6, 6.07) is 9.32. The first-order chi connectivity index (χ1) is 7.81. The highest BCUT2D eigenvalue weighted by Crippen LogP contribution is 2.25. The highest BCUT2D eigenvalue weighted by molar-refractivity contribution is 14.1. The number of hydrogen-bond donors (Lipinski definition) is 1. The topological polar surface area (TPSA) is 15.3 Å². The van der Waals surface area contributed by atoms with Crippen LogP contribution in [-0.2, 0) is 0 Å². The molecule has 0 aliphatic carbocycles. The van der Waals surface area contributed by atoms with E-state index in [0.29, 0.717) is 6.04 Å². The maximum absolute atomic E-state index is 3.56. The molecule has 0 radical (unpaired) electrons. The second-order valence-corrected chi connectivity index (χ2v) is 5.46. The second-order valence-electron chi connectivity index (χ2n) is 4.29. The Bertz CT molecular complexity index is 338. The van der Waals surface area contributed by atoms with Gasteiger partial charge >= 0.3 is 0 Å². The molecular weight excluding hydrogens is 311 g/mol. The fourth-order valence-corrected chi connectivity index (χ4v) is 3.09. The van der Waals surface area contributed by atoms with Gasteiger partial charge in [-0.25, -0.2) is 0 Å². The van der Waals surface area contributed by atoms with Crippen LogP contribution in [0, 0.1) is 3.57 Å². The third-order valence-corrected chi connectivity index (χ3v) is 4.02. The number of piperidine rings is 1. The summed E-state index contributed by atoms with van der Waals surface area (Å²) in [5.41, 5.74) is 1.39. The minimum atomic E-state index is 0.662. The molecule has 1 aromatic carbocycles. The van der Waals surface area contributed by atoms with E-state index in [1.165, 1.54) is 28.6 Å². The minimum Gasteiger partial charge on any atom is -0.369 e. The SMILES string of the molecule is CCNC1CCCN(c2ccccc2I)C1. The summed E-state index contributed by atoms with van der Waals surface area (Å²) in [7, 11) is 0. The first kappa shape index (κ1) is 12.2. The lowest BCUT2D eigenvalue weighted by atomic mass is 10.0. The Balaban J connectivity index is 2.07. The van der Waals surface area contributed by atoms with E-state index in [-0.39, 0.29) is 0 Å². The third kappa shape index (κ3) is 2.88. The average molecular weight is 330 g/mol. The predicted molar refractivity (Wildman–Crippen MR) is 78.1 cm³/mol. The van der Waals surface area contributed by atoms with Crippen LogP contribution in [0.1, 0.15) is 19.8 Å². The quantitative estimate of drug-likeness (QED) is 0.858. The monoisotopic (exact) mass is 330 g/mol. The molecule has 1 heterocycles. The van der Waals surface area contributed by atoms with Crippen molar-refractivity contribution in [1.29, 1.82) is 0 Å². The molecule has 1 aliphatic rings. The number of nitrogens with zero attached hydrogens (tertiary/aromatic N) is 1. The van der Waals surface area contributed by atoms with Crippen LogP contribution in [0.5, 0.6) is 0 Å². The van der Waals surface area contributed by atoms with Crippen LogP contribution in [0.3, 0.4) is 0 Å². The summed E-state index contributed by atoms with van der Waals surface area (Å²) in [6.07, 6.45) is 2.61. The molecule has 16 heavy (non-hydrogen) atoms. The van der Waals surface area contributed by atoms with Gasteiger partial charge < -0.3 is 10.2 Å². The predicted octanol–water partition coefficient (Wildman–Crippen LogP) is 2.87. The fourth-order valence-electron chi connectivity index (χ4n) is 2.36. The van der Waals surface area contributed by atoms with Crippen LogP contribution < -0.4 is 10.2 Å². The molecule has 0 bridgehead atoms. The number of rotatable bonds is 3. The highest BCUT2D eigenvalue weighted by atomic mass is 127. The Kier molecular flexibility index (Phi) is 4.46. The van der Waals surface area contributed by atoms with Crippen LogP contribution in [0.25, 0.3) is 0 Å². The maximum atomic E-state index is 3.56. The van der Waals surface area contributed by atoms with Gasteiger partial charge in [0.15, 0.2) is 0 Å². The molecular formula is C13H19IN2. The van der Waals surface area contributed by atoms with Crippen LogP contribution in [0.4, 0.5) is 5.69 Å². The first-order valence-corrected chi connectivity index (χ1v) is 7.12. The summed E-state index contributed by atoms with van der Waals surface area (Å²) in [5, 5.41) is 3.56. The molecule has 0 spiro atoms. The van der Waals surface area contributed by atoms with Gasteiger partial charge in [0.25, 0.3) is 0 Å². The van der Waals surface area contributed by atoms with Crippen molar-refractivity contribution >= 4 is 28.3 Å². The van der Waals surface area contributed by atoms with Gasteiger partial charge in [0.2, 0.25) is 0 Å². The summed E-state index contributed by atoms with van der Waals surface area (Å²) < 4.78 is 1.36. The largest absolute Gasteiger partial charge is 0.369 e. The van der Waals surface area contributed by atoms with Crippen molar-refractivity contribution in [1.82, 2.24) is 5.32 Å². The molecule has 1 aliphatic heterocycles. The lowest BCUT2D eigenvalue weighted by Crippen LogP contribution is -2.45. The maximum Gasteiger partial charge on any atom is 0.0502 e. The number of benzene rings is 1. The normalized spacial score (nSPS) is 21.1. The molecule has 0 aromatic heterocycles. The molecule has 2 rings (SSSR count). The van der Waals surface area contributed by atoms with E-state index >= 15 is 0 Å². The van der Waals surface area contributed by atoms with Gasteiger partial charge in [0.05, 0.1) is 5.69 Å². The van der Waals surface area contributed by atoms with Gasteiger partial charge in [0.1, 0.15) is 0 Å². The van der Waals surface area contributed by atoms with E-state index in [0.717, 1.165) is 13.1 Å². The fraction of sp³-hybridized carbons (Fsp3) is 0.538. The number of likely N-dealkylation sites (N-methyl/N-ethyl adjacent to an activating group) is 1. The molecule has 1 N–H and O–H groups in total. The number of hydrogen-bond acceptors (Lipinski definition) is 2.